The summed E-state index contributed by atoms with van der Waals surface area (Å²) >= 11 is 6.17. The van der Waals surface area contributed by atoms with E-state index in [1.54, 1.807) is 48.7 Å². The molecule has 0 amide bonds. The Bertz CT molecular complexity index is 1220. The molecule has 0 unspecified atom stereocenters. The number of carbonyl (C=O) groups excluding carboxylic acids is 1. The van der Waals surface area contributed by atoms with Crippen LogP contribution < -0.4 is 4.74 Å². The van der Waals surface area contributed by atoms with Crippen molar-refractivity contribution < 1.29 is 23.1 Å². The van der Waals surface area contributed by atoms with Crippen molar-refractivity contribution in [3.8, 4) is 17.1 Å². The van der Waals surface area contributed by atoms with Gasteiger partial charge in [-0.05, 0) is 29.8 Å². The lowest BCUT2D eigenvalue weighted by Crippen LogP contribution is -2.06. The minimum atomic E-state index is -0.497. The number of esters is 1. The molecule has 2 aromatic carbocycles. The summed E-state index contributed by atoms with van der Waals surface area (Å²) in [4.78, 5) is 15.8. The number of halogens is 2. The van der Waals surface area contributed by atoms with E-state index in [1.165, 1.54) is 13.2 Å². The van der Waals surface area contributed by atoms with E-state index in [1.807, 2.05) is 6.07 Å². The molecule has 0 atom stereocenters. The Kier molecular flexibility index (Phi) is 5.68. The van der Waals surface area contributed by atoms with Crippen LogP contribution in [0.25, 0.3) is 22.2 Å². The summed E-state index contributed by atoms with van der Waals surface area (Å²) in [5, 5.41) is 1.43. The smallest absolute Gasteiger partial charge is 0.310 e. The van der Waals surface area contributed by atoms with Crippen molar-refractivity contribution in [3.63, 3.8) is 0 Å². The van der Waals surface area contributed by atoms with Crippen LogP contribution >= 0.6 is 11.6 Å². The maximum absolute atomic E-state index is 14.4. The molecule has 4 rings (SSSR count). The summed E-state index contributed by atoms with van der Waals surface area (Å²) in [7, 11) is 1.27. The number of rotatable bonds is 6. The maximum atomic E-state index is 14.4. The summed E-state index contributed by atoms with van der Waals surface area (Å²) < 4.78 is 30.3. The molecule has 7 heteroatoms. The van der Waals surface area contributed by atoms with Crippen molar-refractivity contribution >= 4 is 28.5 Å². The number of pyridine rings is 1. The minimum Gasteiger partial charge on any atom is -0.473 e. The standard InChI is InChI=1S/C23H17ClFNO4/c1-28-22(27)12-14-5-6-15(11-19(14)25)20-3-2-4-21(26-20)30-13-16-7-8-18(24)17-9-10-29-23(16)17/h2-11H,12-13H2,1H3. The topological polar surface area (TPSA) is 61.6 Å². The SMILES string of the molecule is COC(=O)Cc1ccc(-c2cccc(OCc3ccc(Cl)c4ccoc34)n2)cc1F. The van der Waals surface area contributed by atoms with Crippen LogP contribution in [0.1, 0.15) is 11.1 Å². The number of fused-ring (bicyclic) bond motifs is 1. The highest BCUT2D eigenvalue weighted by Crippen LogP contribution is 2.29. The molecule has 0 aliphatic heterocycles. The van der Waals surface area contributed by atoms with Crippen LogP contribution in [0.4, 0.5) is 4.39 Å². The Morgan fingerprint density at radius 2 is 1.97 bits per heavy atom. The Morgan fingerprint density at radius 1 is 1.13 bits per heavy atom. The van der Waals surface area contributed by atoms with Gasteiger partial charge >= 0.3 is 5.97 Å². The van der Waals surface area contributed by atoms with Crippen LogP contribution in [-0.4, -0.2) is 18.1 Å². The summed E-state index contributed by atoms with van der Waals surface area (Å²) in [6, 6.07) is 15.3. The van der Waals surface area contributed by atoms with E-state index in [9.17, 15) is 9.18 Å². The van der Waals surface area contributed by atoms with E-state index in [2.05, 4.69) is 9.72 Å². The lowest BCUT2D eigenvalue weighted by atomic mass is 10.1. The number of methoxy groups -OCH3 is 1. The fourth-order valence-corrected chi connectivity index (χ4v) is 3.30. The molecular weight excluding hydrogens is 409 g/mol. The summed E-state index contributed by atoms with van der Waals surface area (Å²) in [6.45, 7) is 0.240. The molecule has 5 nitrogen and oxygen atoms in total. The first kappa shape index (κ1) is 19.9. The van der Waals surface area contributed by atoms with Crippen LogP contribution in [-0.2, 0) is 22.6 Å². The van der Waals surface area contributed by atoms with Gasteiger partial charge in [0.15, 0.2) is 0 Å². The Hall–Kier alpha value is -3.38. The van der Waals surface area contributed by atoms with Gasteiger partial charge in [-0.1, -0.05) is 35.9 Å². The largest absolute Gasteiger partial charge is 0.473 e. The normalized spacial score (nSPS) is 10.9. The average molecular weight is 426 g/mol. The Balaban J connectivity index is 1.53. The fourth-order valence-electron chi connectivity index (χ4n) is 3.08. The third kappa shape index (κ3) is 4.14. The zero-order valence-corrected chi connectivity index (χ0v) is 16.8. The number of furan rings is 1. The Labute approximate surface area is 177 Å². The van der Waals surface area contributed by atoms with Crippen molar-refractivity contribution in [2.24, 2.45) is 0 Å². The molecule has 0 aliphatic rings. The predicted molar refractivity (Wildman–Crippen MR) is 111 cm³/mol. The Morgan fingerprint density at radius 3 is 2.77 bits per heavy atom. The van der Waals surface area contributed by atoms with Gasteiger partial charge in [-0.15, -0.1) is 0 Å². The van der Waals surface area contributed by atoms with E-state index in [-0.39, 0.29) is 18.6 Å². The van der Waals surface area contributed by atoms with E-state index >= 15 is 0 Å². The first-order chi connectivity index (χ1) is 14.5. The average Bonchev–Trinajstić information content (AvgIpc) is 3.26. The van der Waals surface area contributed by atoms with Crippen LogP contribution in [0.2, 0.25) is 5.02 Å². The van der Waals surface area contributed by atoms with Crippen LogP contribution in [0, 0.1) is 5.82 Å². The maximum Gasteiger partial charge on any atom is 0.310 e. The van der Waals surface area contributed by atoms with Crippen molar-refractivity contribution in [2.45, 2.75) is 13.0 Å². The van der Waals surface area contributed by atoms with Gasteiger partial charge in [-0.2, -0.15) is 0 Å². The van der Waals surface area contributed by atoms with E-state index in [0.29, 0.717) is 27.7 Å². The first-order valence-corrected chi connectivity index (χ1v) is 9.53. The molecule has 2 aromatic heterocycles. The molecule has 0 aliphatic carbocycles. The predicted octanol–water partition coefficient (Wildman–Crippen LogP) is 5.58. The van der Waals surface area contributed by atoms with Crippen molar-refractivity contribution in [3.05, 3.63) is 82.8 Å². The van der Waals surface area contributed by atoms with Crippen LogP contribution in [0.15, 0.2) is 65.3 Å². The van der Waals surface area contributed by atoms with Gasteiger partial charge in [0.1, 0.15) is 18.0 Å². The number of nitrogens with zero attached hydrogens (tertiary/aromatic N) is 1. The molecule has 0 fully saturated rings. The second kappa shape index (κ2) is 8.55. The van der Waals surface area contributed by atoms with Gasteiger partial charge in [0.25, 0.3) is 0 Å². The highest BCUT2D eigenvalue weighted by Gasteiger charge is 2.12. The number of benzene rings is 2. The second-order valence-corrected chi connectivity index (χ2v) is 6.99. The lowest BCUT2D eigenvalue weighted by Gasteiger charge is -2.09. The molecule has 2 heterocycles. The van der Waals surface area contributed by atoms with E-state index in [0.717, 1.165) is 10.9 Å². The number of hydrogen-bond donors (Lipinski definition) is 0. The molecule has 0 spiro atoms. The lowest BCUT2D eigenvalue weighted by molar-refractivity contribution is -0.139. The summed E-state index contributed by atoms with van der Waals surface area (Å²) in [5.41, 5.74) is 2.90. The number of carbonyl (C=O) groups is 1. The van der Waals surface area contributed by atoms with Gasteiger partial charge in [0.05, 0.1) is 30.5 Å². The minimum absolute atomic E-state index is 0.123. The second-order valence-electron chi connectivity index (χ2n) is 6.58. The van der Waals surface area contributed by atoms with Crippen molar-refractivity contribution in [2.75, 3.05) is 7.11 Å². The van der Waals surface area contributed by atoms with Crippen molar-refractivity contribution in [1.29, 1.82) is 0 Å². The number of aromatic nitrogens is 1. The molecule has 0 bridgehead atoms. The van der Waals surface area contributed by atoms with Gasteiger partial charge in [0.2, 0.25) is 5.88 Å². The molecule has 0 N–H and O–H groups in total. The van der Waals surface area contributed by atoms with Gasteiger partial charge in [-0.3, -0.25) is 4.79 Å². The number of hydrogen-bond acceptors (Lipinski definition) is 5. The summed E-state index contributed by atoms with van der Waals surface area (Å²) in [5.74, 6) is -0.600. The summed E-state index contributed by atoms with van der Waals surface area (Å²) in [6.07, 6.45) is 1.46. The van der Waals surface area contributed by atoms with E-state index in [4.69, 9.17) is 20.8 Å². The molecule has 4 aromatic rings. The molecule has 0 saturated carbocycles. The zero-order valence-electron chi connectivity index (χ0n) is 16.0. The van der Waals surface area contributed by atoms with Gasteiger partial charge < -0.3 is 13.9 Å². The number of ether oxygens (including phenoxy) is 2. The fraction of sp³-hybridized carbons (Fsp3) is 0.130. The zero-order chi connectivity index (χ0) is 21.1. The van der Waals surface area contributed by atoms with Gasteiger partial charge in [-0.25, -0.2) is 9.37 Å². The van der Waals surface area contributed by atoms with Crippen LogP contribution in [0.3, 0.4) is 0 Å². The third-order valence-corrected chi connectivity index (χ3v) is 4.98. The van der Waals surface area contributed by atoms with Gasteiger partial charge in [0, 0.05) is 22.6 Å². The van der Waals surface area contributed by atoms with E-state index < -0.39 is 11.8 Å². The highest BCUT2D eigenvalue weighted by atomic mass is 35.5. The molecule has 0 saturated heterocycles. The third-order valence-electron chi connectivity index (χ3n) is 4.66. The highest BCUT2D eigenvalue weighted by molar-refractivity contribution is 6.35. The molecule has 30 heavy (non-hydrogen) atoms. The quantitative estimate of drug-likeness (QED) is 0.377. The molecular formula is C23H17ClFNO4. The molecule has 152 valence electrons. The first-order valence-electron chi connectivity index (χ1n) is 9.15. The van der Waals surface area contributed by atoms with Crippen LogP contribution in [0.5, 0.6) is 5.88 Å². The monoisotopic (exact) mass is 425 g/mol. The van der Waals surface area contributed by atoms with Crippen molar-refractivity contribution in [1.82, 2.24) is 4.98 Å². The molecule has 0 radical (unpaired) electrons.